The lowest BCUT2D eigenvalue weighted by molar-refractivity contribution is -0.157. The maximum Gasteiger partial charge on any atom is 0.311 e. The molecule has 0 bridgehead atoms. The number of rotatable bonds is 3. The molecule has 1 fully saturated rings. The Morgan fingerprint density at radius 3 is 2.74 bits per heavy atom. The lowest BCUT2D eigenvalue weighted by atomic mass is 9.49. The van der Waals surface area contributed by atoms with Crippen LogP contribution in [0.15, 0.2) is 18.2 Å². The van der Waals surface area contributed by atoms with Crippen LogP contribution in [0.5, 0.6) is 0 Å². The van der Waals surface area contributed by atoms with Crippen molar-refractivity contribution in [3.05, 3.63) is 34.9 Å². The monoisotopic (exact) mass is 334 g/mol. The average molecular weight is 335 g/mol. The van der Waals surface area contributed by atoms with Crippen LogP contribution in [0.2, 0.25) is 0 Å². The molecule has 1 aromatic carbocycles. The van der Waals surface area contributed by atoms with Gasteiger partial charge >= 0.3 is 5.97 Å². The van der Waals surface area contributed by atoms with Gasteiger partial charge in [0.05, 0.1) is 5.41 Å². The van der Waals surface area contributed by atoms with E-state index in [2.05, 4.69) is 39.0 Å². The van der Waals surface area contributed by atoms with Gasteiger partial charge < -0.3 is 5.11 Å². The fourth-order valence-electron chi connectivity index (χ4n) is 5.16. The van der Waals surface area contributed by atoms with Gasteiger partial charge in [-0.1, -0.05) is 45.4 Å². The zero-order valence-corrected chi connectivity index (χ0v) is 15.1. The Bertz CT molecular complexity index is 624. The number of carbonyl (C=O) groups is 1. The Hall–Kier alpha value is -1.02. The van der Waals surface area contributed by atoms with E-state index in [4.69, 9.17) is 11.6 Å². The third-order valence-corrected chi connectivity index (χ3v) is 7.01. The molecule has 126 valence electrons. The highest BCUT2D eigenvalue weighted by atomic mass is 35.5. The Kier molecular flexibility index (Phi) is 4.25. The molecule has 1 N–H and O–H groups in total. The lowest BCUT2D eigenvalue weighted by Crippen LogP contribution is -2.54. The Morgan fingerprint density at radius 2 is 2.13 bits per heavy atom. The van der Waals surface area contributed by atoms with E-state index in [0.717, 1.165) is 25.7 Å². The van der Waals surface area contributed by atoms with Crippen molar-refractivity contribution in [1.29, 1.82) is 0 Å². The molecule has 0 amide bonds. The van der Waals surface area contributed by atoms with Gasteiger partial charge in [0.1, 0.15) is 0 Å². The minimum absolute atomic E-state index is 0.0609. The Labute approximate surface area is 144 Å². The van der Waals surface area contributed by atoms with Crippen molar-refractivity contribution < 1.29 is 9.90 Å². The largest absolute Gasteiger partial charge is 0.481 e. The van der Waals surface area contributed by atoms with E-state index in [1.807, 2.05) is 0 Å². The molecule has 2 aliphatic rings. The van der Waals surface area contributed by atoms with E-state index in [0.29, 0.717) is 12.3 Å². The number of hydrogen-bond acceptors (Lipinski definition) is 1. The first-order valence-corrected chi connectivity index (χ1v) is 9.31. The highest BCUT2D eigenvalue weighted by molar-refractivity contribution is 6.19. The lowest BCUT2D eigenvalue weighted by Gasteiger charge is -2.54. The van der Waals surface area contributed by atoms with Crippen LogP contribution in [0.4, 0.5) is 0 Å². The predicted molar refractivity (Wildman–Crippen MR) is 94.3 cm³/mol. The highest BCUT2D eigenvalue weighted by Gasteiger charge is 2.57. The van der Waals surface area contributed by atoms with Gasteiger partial charge in [-0.2, -0.15) is 0 Å². The number of halogens is 1. The van der Waals surface area contributed by atoms with Gasteiger partial charge in [0.2, 0.25) is 0 Å². The highest BCUT2D eigenvalue weighted by Crippen LogP contribution is 2.58. The van der Waals surface area contributed by atoms with Crippen LogP contribution in [0.3, 0.4) is 0 Å². The zero-order chi connectivity index (χ0) is 16.8. The molecule has 1 aromatic rings. The normalized spacial score (nSPS) is 33.2. The summed E-state index contributed by atoms with van der Waals surface area (Å²) in [6.07, 6.45) is 4.63. The van der Waals surface area contributed by atoms with E-state index < -0.39 is 11.4 Å². The van der Waals surface area contributed by atoms with Crippen molar-refractivity contribution >= 4 is 17.6 Å². The predicted octanol–water partition coefficient (Wildman–Crippen LogP) is 5.12. The van der Waals surface area contributed by atoms with E-state index in [9.17, 15) is 9.90 Å². The van der Waals surface area contributed by atoms with E-state index in [1.165, 1.54) is 16.7 Å². The summed E-state index contributed by atoms with van der Waals surface area (Å²) in [7, 11) is 0. The standard InChI is InChI=1S/C20H27ClO2/c1-13(2)14-5-7-16-15(11-14)6-8-17-19(16,3)9-4-10-20(17,12-21)18(22)23/h5,7,11,13,17H,4,6,8-10,12H2,1-3H3,(H,22,23)/t17-,19-,20-/m1/s1. The van der Waals surface area contributed by atoms with Crippen molar-refractivity contribution in [2.75, 3.05) is 5.88 Å². The second-order valence-corrected chi connectivity index (χ2v) is 8.30. The Morgan fingerprint density at radius 1 is 1.39 bits per heavy atom. The second-order valence-electron chi connectivity index (χ2n) is 8.03. The number of carboxylic acids is 1. The quantitative estimate of drug-likeness (QED) is 0.778. The maximum atomic E-state index is 12.1. The fourth-order valence-corrected chi connectivity index (χ4v) is 5.59. The van der Waals surface area contributed by atoms with Gasteiger partial charge in [-0.25, -0.2) is 0 Å². The molecule has 0 unspecified atom stereocenters. The maximum absolute atomic E-state index is 12.1. The van der Waals surface area contributed by atoms with Crippen LogP contribution in [-0.4, -0.2) is 17.0 Å². The molecule has 0 aromatic heterocycles. The smallest absolute Gasteiger partial charge is 0.311 e. The van der Waals surface area contributed by atoms with Crippen molar-refractivity contribution in [2.24, 2.45) is 11.3 Å². The van der Waals surface area contributed by atoms with Gasteiger partial charge in [-0.15, -0.1) is 11.6 Å². The number of hydrogen-bond donors (Lipinski definition) is 1. The summed E-state index contributed by atoms with van der Waals surface area (Å²) in [6.45, 7) is 6.71. The molecule has 2 aliphatic carbocycles. The number of aliphatic carboxylic acids is 1. The first-order chi connectivity index (χ1) is 10.8. The molecule has 0 spiro atoms. The van der Waals surface area contributed by atoms with Gasteiger partial charge in [-0.3, -0.25) is 4.79 Å². The van der Waals surface area contributed by atoms with Gasteiger partial charge in [0, 0.05) is 5.88 Å². The molecular weight excluding hydrogens is 308 g/mol. The van der Waals surface area contributed by atoms with Crippen molar-refractivity contribution in [1.82, 2.24) is 0 Å². The minimum Gasteiger partial charge on any atom is -0.481 e. The molecule has 2 nitrogen and oxygen atoms in total. The summed E-state index contributed by atoms with van der Waals surface area (Å²) in [5, 5.41) is 9.92. The molecule has 3 heteroatoms. The summed E-state index contributed by atoms with van der Waals surface area (Å²) in [5.74, 6) is 0.183. The van der Waals surface area contributed by atoms with Crippen LogP contribution in [0.25, 0.3) is 0 Å². The molecule has 3 atom stereocenters. The topological polar surface area (TPSA) is 37.3 Å². The number of fused-ring (bicyclic) bond motifs is 3. The molecule has 0 saturated heterocycles. The molecule has 0 radical (unpaired) electrons. The molecule has 3 rings (SSSR count). The van der Waals surface area contributed by atoms with E-state index in [1.54, 1.807) is 0 Å². The molecule has 23 heavy (non-hydrogen) atoms. The molecule has 0 aliphatic heterocycles. The van der Waals surface area contributed by atoms with Crippen LogP contribution in [0.1, 0.15) is 69.1 Å². The first-order valence-electron chi connectivity index (χ1n) is 8.78. The number of benzene rings is 1. The summed E-state index contributed by atoms with van der Waals surface area (Å²) in [4.78, 5) is 12.1. The van der Waals surface area contributed by atoms with Crippen LogP contribution in [-0.2, 0) is 16.6 Å². The summed E-state index contributed by atoms with van der Waals surface area (Å²) < 4.78 is 0. The first kappa shape index (κ1) is 16.8. The van der Waals surface area contributed by atoms with Gasteiger partial charge in [0.25, 0.3) is 0 Å². The number of alkyl halides is 1. The zero-order valence-electron chi connectivity index (χ0n) is 14.4. The number of carboxylic acid groups (broad SMARTS) is 1. The summed E-state index contributed by atoms with van der Waals surface area (Å²) in [5.41, 5.74) is 3.35. The van der Waals surface area contributed by atoms with Crippen molar-refractivity contribution in [2.45, 2.75) is 64.2 Å². The SMILES string of the molecule is CC(C)c1ccc2c(c1)CC[C@H]1[C@@](CCl)(C(=O)O)CCC[C@]21C. The third kappa shape index (κ3) is 2.41. The fraction of sp³-hybridized carbons (Fsp3) is 0.650. The van der Waals surface area contributed by atoms with Crippen LogP contribution < -0.4 is 0 Å². The minimum atomic E-state index is -0.761. The molecule has 1 saturated carbocycles. The summed E-state index contributed by atoms with van der Waals surface area (Å²) >= 11 is 6.23. The summed E-state index contributed by atoms with van der Waals surface area (Å²) in [6, 6.07) is 6.84. The van der Waals surface area contributed by atoms with Crippen molar-refractivity contribution in [3.63, 3.8) is 0 Å². The Balaban J connectivity index is 2.09. The van der Waals surface area contributed by atoms with Crippen LogP contribution >= 0.6 is 11.6 Å². The van der Waals surface area contributed by atoms with Gasteiger partial charge in [-0.05, 0) is 59.6 Å². The third-order valence-electron chi connectivity index (χ3n) is 6.53. The molecular formula is C20H27ClO2. The van der Waals surface area contributed by atoms with Gasteiger partial charge in [0.15, 0.2) is 0 Å². The van der Waals surface area contributed by atoms with Crippen molar-refractivity contribution in [3.8, 4) is 0 Å². The molecule has 0 heterocycles. The van der Waals surface area contributed by atoms with Crippen LogP contribution in [0, 0.1) is 11.3 Å². The number of aryl methyl sites for hydroxylation is 1. The van der Waals surface area contributed by atoms with E-state index >= 15 is 0 Å². The van der Waals surface area contributed by atoms with E-state index in [-0.39, 0.29) is 17.2 Å². The second kappa shape index (κ2) is 5.81. The average Bonchev–Trinajstić information content (AvgIpc) is 2.52.